The van der Waals surface area contributed by atoms with Gasteiger partial charge >= 0.3 is 0 Å². The van der Waals surface area contributed by atoms with Crippen molar-refractivity contribution in [2.24, 2.45) is 0 Å². The van der Waals surface area contributed by atoms with E-state index in [1.54, 1.807) is 6.07 Å². The summed E-state index contributed by atoms with van der Waals surface area (Å²) in [6.07, 6.45) is 4.87. The summed E-state index contributed by atoms with van der Waals surface area (Å²) in [5, 5.41) is 2.98. The Hall–Kier alpha value is -1.55. The van der Waals surface area contributed by atoms with Gasteiger partial charge in [0.15, 0.2) is 0 Å². The Kier molecular flexibility index (Phi) is 6.54. The minimum Gasteiger partial charge on any atom is -0.494 e. The number of ether oxygens (including phenoxy) is 1. The lowest BCUT2D eigenvalue weighted by Gasteiger charge is -2.14. The fraction of sp³-hybridized carbons (Fsp3) is 0.588. The Balaban J connectivity index is 1.65. The molecule has 1 aromatic rings. The van der Waals surface area contributed by atoms with Crippen molar-refractivity contribution in [3.8, 4) is 5.75 Å². The van der Waals surface area contributed by atoms with E-state index in [9.17, 15) is 4.79 Å². The van der Waals surface area contributed by atoms with Crippen molar-refractivity contribution < 1.29 is 9.53 Å². The molecule has 1 fully saturated rings. The molecule has 1 aromatic carbocycles. The summed E-state index contributed by atoms with van der Waals surface area (Å²) in [4.78, 5) is 14.6. The van der Waals surface area contributed by atoms with Crippen molar-refractivity contribution in [2.75, 3.05) is 32.8 Å². The van der Waals surface area contributed by atoms with Gasteiger partial charge in [-0.1, -0.05) is 6.07 Å². The SMILES string of the molecule is CCOc1cccc(C(=O)NCCCCN2CCCC2)c1. The van der Waals surface area contributed by atoms with Gasteiger partial charge < -0.3 is 15.0 Å². The van der Waals surface area contributed by atoms with Crippen LogP contribution >= 0.6 is 0 Å². The third-order valence-corrected chi connectivity index (χ3v) is 3.79. The molecule has 0 aromatic heterocycles. The summed E-state index contributed by atoms with van der Waals surface area (Å²) >= 11 is 0. The normalized spacial score (nSPS) is 15.1. The average molecular weight is 290 g/mol. The van der Waals surface area contributed by atoms with E-state index in [1.165, 1.54) is 25.9 Å². The second kappa shape index (κ2) is 8.67. The highest BCUT2D eigenvalue weighted by atomic mass is 16.5. The molecule has 4 nitrogen and oxygen atoms in total. The molecule has 0 aliphatic carbocycles. The summed E-state index contributed by atoms with van der Waals surface area (Å²) in [6, 6.07) is 7.34. The van der Waals surface area contributed by atoms with Gasteiger partial charge in [0.2, 0.25) is 0 Å². The zero-order valence-electron chi connectivity index (χ0n) is 12.9. The maximum absolute atomic E-state index is 12.0. The van der Waals surface area contributed by atoms with Gasteiger partial charge in [-0.2, -0.15) is 0 Å². The molecule has 116 valence electrons. The number of unbranched alkanes of at least 4 members (excludes halogenated alkanes) is 1. The van der Waals surface area contributed by atoms with Gasteiger partial charge in [-0.3, -0.25) is 4.79 Å². The Labute approximate surface area is 127 Å². The highest BCUT2D eigenvalue weighted by Gasteiger charge is 2.10. The molecular weight excluding hydrogens is 264 g/mol. The number of nitrogens with zero attached hydrogens (tertiary/aromatic N) is 1. The van der Waals surface area contributed by atoms with Crippen LogP contribution in [0.25, 0.3) is 0 Å². The van der Waals surface area contributed by atoms with Crippen molar-refractivity contribution in [1.82, 2.24) is 10.2 Å². The summed E-state index contributed by atoms with van der Waals surface area (Å²) in [5.74, 6) is 0.733. The lowest BCUT2D eigenvalue weighted by molar-refractivity contribution is 0.0952. The summed E-state index contributed by atoms with van der Waals surface area (Å²) in [5.41, 5.74) is 0.667. The minimum atomic E-state index is -0.0160. The minimum absolute atomic E-state index is 0.0160. The molecule has 0 unspecified atom stereocenters. The van der Waals surface area contributed by atoms with Crippen LogP contribution in [0.15, 0.2) is 24.3 Å². The molecule has 1 aliphatic heterocycles. The Bertz CT molecular complexity index is 442. The second-order valence-electron chi connectivity index (χ2n) is 5.47. The fourth-order valence-electron chi connectivity index (χ4n) is 2.66. The highest BCUT2D eigenvalue weighted by Crippen LogP contribution is 2.13. The molecule has 2 rings (SSSR count). The monoisotopic (exact) mass is 290 g/mol. The largest absolute Gasteiger partial charge is 0.494 e. The molecule has 21 heavy (non-hydrogen) atoms. The van der Waals surface area contributed by atoms with E-state index in [0.29, 0.717) is 12.2 Å². The third-order valence-electron chi connectivity index (χ3n) is 3.79. The maximum Gasteiger partial charge on any atom is 0.251 e. The van der Waals surface area contributed by atoms with Crippen molar-refractivity contribution in [2.45, 2.75) is 32.6 Å². The zero-order chi connectivity index (χ0) is 14.9. The first kappa shape index (κ1) is 15.8. The number of carbonyl (C=O) groups excluding carboxylic acids is 1. The molecule has 1 heterocycles. The number of hydrogen-bond donors (Lipinski definition) is 1. The lowest BCUT2D eigenvalue weighted by atomic mass is 10.2. The van der Waals surface area contributed by atoms with Crippen molar-refractivity contribution in [1.29, 1.82) is 0 Å². The molecule has 0 atom stereocenters. The van der Waals surface area contributed by atoms with E-state index < -0.39 is 0 Å². The predicted octanol–water partition coefficient (Wildman–Crippen LogP) is 2.69. The molecule has 0 bridgehead atoms. The number of nitrogens with one attached hydrogen (secondary N) is 1. The first-order chi connectivity index (χ1) is 10.3. The smallest absolute Gasteiger partial charge is 0.251 e. The van der Waals surface area contributed by atoms with Crippen LogP contribution in [0.4, 0.5) is 0 Å². The third kappa shape index (κ3) is 5.38. The average Bonchev–Trinajstić information content (AvgIpc) is 3.01. The predicted molar refractivity (Wildman–Crippen MR) is 84.9 cm³/mol. The lowest BCUT2D eigenvalue weighted by Crippen LogP contribution is -2.26. The van der Waals surface area contributed by atoms with Crippen molar-refractivity contribution >= 4 is 5.91 Å². The van der Waals surface area contributed by atoms with Crippen LogP contribution < -0.4 is 10.1 Å². The van der Waals surface area contributed by atoms with Crippen LogP contribution in [-0.4, -0.2) is 43.6 Å². The topological polar surface area (TPSA) is 41.6 Å². The molecule has 1 N–H and O–H groups in total. The molecule has 4 heteroatoms. The van der Waals surface area contributed by atoms with E-state index >= 15 is 0 Å². The second-order valence-corrected chi connectivity index (χ2v) is 5.47. The van der Waals surface area contributed by atoms with Crippen LogP contribution in [0.2, 0.25) is 0 Å². The van der Waals surface area contributed by atoms with Crippen LogP contribution in [0.1, 0.15) is 43.0 Å². The van der Waals surface area contributed by atoms with E-state index in [2.05, 4.69) is 10.2 Å². The van der Waals surface area contributed by atoms with Gasteiger partial charge in [0.25, 0.3) is 5.91 Å². The Morgan fingerprint density at radius 3 is 2.86 bits per heavy atom. The van der Waals surface area contributed by atoms with E-state index in [4.69, 9.17) is 4.74 Å². The van der Waals surface area contributed by atoms with Gasteiger partial charge in [-0.05, 0) is 70.4 Å². The van der Waals surface area contributed by atoms with Gasteiger partial charge in [0.05, 0.1) is 6.61 Å². The zero-order valence-corrected chi connectivity index (χ0v) is 12.9. The van der Waals surface area contributed by atoms with Gasteiger partial charge in [0.1, 0.15) is 5.75 Å². The fourth-order valence-corrected chi connectivity index (χ4v) is 2.66. The van der Waals surface area contributed by atoms with Gasteiger partial charge in [0, 0.05) is 12.1 Å². The standard InChI is InChI=1S/C17H26N2O2/c1-2-21-16-9-7-8-15(14-16)17(20)18-10-3-4-11-19-12-5-6-13-19/h7-9,14H,2-6,10-13H2,1H3,(H,18,20). The molecule has 1 aliphatic rings. The van der Waals surface area contributed by atoms with Crippen molar-refractivity contribution in [3.05, 3.63) is 29.8 Å². The Morgan fingerprint density at radius 2 is 2.10 bits per heavy atom. The van der Waals surface area contributed by atoms with Crippen LogP contribution in [0.5, 0.6) is 5.75 Å². The van der Waals surface area contributed by atoms with Gasteiger partial charge in [-0.15, -0.1) is 0 Å². The summed E-state index contributed by atoms with van der Waals surface area (Å²) in [7, 11) is 0. The number of hydrogen-bond acceptors (Lipinski definition) is 3. The van der Waals surface area contributed by atoms with Crippen LogP contribution in [-0.2, 0) is 0 Å². The Morgan fingerprint density at radius 1 is 1.29 bits per heavy atom. The highest BCUT2D eigenvalue weighted by molar-refractivity contribution is 5.94. The number of benzene rings is 1. The molecule has 0 radical (unpaired) electrons. The van der Waals surface area contributed by atoms with Crippen LogP contribution in [0.3, 0.4) is 0 Å². The first-order valence-corrected chi connectivity index (χ1v) is 8.03. The number of likely N-dealkylation sites (tertiary alicyclic amines) is 1. The molecule has 0 saturated carbocycles. The van der Waals surface area contributed by atoms with Gasteiger partial charge in [-0.25, -0.2) is 0 Å². The summed E-state index contributed by atoms with van der Waals surface area (Å²) < 4.78 is 5.41. The van der Waals surface area contributed by atoms with E-state index in [-0.39, 0.29) is 5.91 Å². The van der Waals surface area contributed by atoms with Crippen molar-refractivity contribution in [3.63, 3.8) is 0 Å². The molecular formula is C17H26N2O2. The maximum atomic E-state index is 12.0. The number of amides is 1. The van der Waals surface area contributed by atoms with Crippen LogP contribution in [0, 0.1) is 0 Å². The van der Waals surface area contributed by atoms with E-state index in [0.717, 1.165) is 31.7 Å². The first-order valence-electron chi connectivity index (χ1n) is 8.03. The molecule has 0 spiro atoms. The molecule has 1 saturated heterocycles. The number of carbonyl (C=O) groups is 1. The summed E-state index contributed by atoms with van der Waals surface area (Å²) in [6.45, 7) is 6.95. The van der Waals surface area contributed by atoms with E-state index in [1.807, 2.05) is 25.1 Å². The number of rotatable bonds is 8. The molecule has 1 amide bonds. The quantitative estimate of drug-likeness (QED) is 0.748.